The Bertz CT molecular complexity index is 596. The quantitative estimate of drug-likeness (QED) is 0.166. The molecule has 0 N–H and O–H groups in total. The van der Waals surface area contributed by atoms with Crippen molar-refractivity contribution in [3.05, 3.63) is 22.8 Å². The lowest BCUT2D eigenvalue weighted by Gasteiger charge is -2.40. The van der Waals surface area contributed by atoms with Gasteiger partial charge in [-0.15, -0.1) is 0 Å². The maximum Gasteiger partial charge on any atom is 0.334 e. The average Bonchev–Trinajstić information content (AvgIpc) is 3.12. The highest BCUT2D eigenvalue weighted by Crippen LogP contribution is 2.40. The van der Waals surface area contributed by atoms with Crippen LogP contribution in [0.4, 0.5) is 0 Å². The molecule has 0 fully saturated rings. The third kappa shape index (κ3) is 8.34. The summed E-state index contributed by atoms with van der Waals surface area (Å²) in [7, 11) is -1.89. The van der Waals surface area contributed by atoms with Gasteiger partial charge in [0, 0.05) is 5.57 Å². The summed E-state index contributed by atoms with van der Waals surface area (Å²) in [6, 6.07) is 0. The predicted octanol–water partition coefficient (Wildman–Crippen LogP) is 8.12. The van der Waals surface area contributed by atoms with E-state index in [2.05, 4.69) is 53.8 Å². The summed E-state index contributed by atoms with van der Waals surface area (Å²) >= 11 is 0. The Labute approximate surface area is 187 Å². The molecule has 0 radical (unpaired) electrons. The van der Waals surface area contributed by atoms with Crippen LogP contribution >= 0.6 is 0 Å². The highest BCUT2D eigenvalue weighted by Gasteiger charge is 2.39. The van der Waals surface area contributed by atoms with E-state index < -0.39 is 8.32 Å². The zero-order valence-corrected chi connectivity index (χ0v) is 22.2. The van der Waals surface area contributed by atoms with Crippen LogP contribution in [0.2, 0.25) is 18.1 Å². The van der Waals surface area contributed by atoms with Crippen molar-refractivity contribution >= 4 is 14.3 Å². The molecule has 0 saturated heterocycles. The van der Waals surface area contributed by atoms with Crippen LogP contribution in [-0.4, -0.2) is 27.0 Å². The van der Waals surface area contributed by atoms with Crippen molar-refractivity contribution < 1.29 is 14.0 Å². The molecule has 0 bridgehead atoms. The van der Waals surface area contributed by atoms with Crippen molar-refractivity contribution in [2.45, 2.75) is 130 Å². The van der Waals surface area contributed by atoms with Crippen LogP contribution in [0.1, 0.15) is 106 Å². The Hall–Kier alpha value is -0.873. The van der Waals surface area contributed by atoms with Crippen molar-refractivity contribution in [2.75, 3.05) is 6.61 Å². The van der Waals surface area contributed by atoms with E-state index in [1.807, 2.05) is 6.92 Å². The lowest BCUT2D eigenvalue weighted by atomic mass is 9.95. The standard InChI is InChI=1S/C26H48O3Si/c1-9-12-14-19-24(29-30(7,8)26(4,5)6)22(16-13-10-2)20-21-17-15-18-23(21)25(27)28-11-3/h20,24H,9-19H2,1-8H3/b22-20+. The minimum Gasteiger partial charge on any atom is -0.463 e. The van der Waals surface area contributed by atoms with Gasteiger partial charge in [-0.1, -0.05) is 66.4 Å². The number of ether oxygens (including phenoxy) is 1. The largest absolute Gasteiger partial charge is 0.463 e. The lowest BCUT2D eigenvalue weighted by Crippen LogP contribution is -2.44. The molecule has 0 heterocycles. The van der Waals surface area contributed by atoms with Crippen LogP contribution in [0.5, 0.6) is 0 Å². The van der Waals surface area contributed by atoms with Crippen molar-refractivity contribution in [2.24, 2.45) is 0 Å². The molecule has 1 atom stereocenters. The second-order valence-corrected chi connectivity index (χ2v) is 15.0. The van der Waals surface area contributed by atoms with Gasteiger partial charge in [0.1, 0.15) is 0 Å². The Morgan fingerprint density at radius 1 is 1.07 bits per heavy atom. The number of hydrogen-bond donors (Lipinski definition) is 0. The molecule has 174 valence electrons. The highest BCUT2D eigenvalue weighted by molar-refractivity contribution is 6.74. The summed E-state index contributed by atoms with van der Waals surface area (Å²) in [6.45, 7) is 18.5. The van der Waals surface area contributed by atoms with Gasteiger partial charge >= 0.3 is 5.97 Å². The second-order valence-electron chi connectivity index (χ2n) is 10.3. The van der Waals surface area contributed by atoms with Gasteiger partial charge in [-0.3, -0.25) is 0 Å². The minimum absolute atomic E-state index is 0.121. The lowest BCUT2D eigenvalue weighted by molar-refractivity contribution is -0.138. The molecule has 3 nitrogen and oxygen atoms in total. The van der Waals surface area contributed by atoms with E-state index in [9.17, 15) is 4.79 Å². The first kappa shape index (κ1) is 27.2. The van der Waals surface area contributed by atoms with Crippen molar-refractivity contribution in [1.82, 2.24) is 0 Å². The van der Waals surface area contributed by atoms with Crippen LogP contribution in [0.3, 0.4) is 0 Å². The van der Waals surface area contributed by atoms with E-state index in [1.54, 1.807) is 0 Å². The molecule has 0 aromatic heterocycles. The van der Waals surface area contributed by atoms with Crippen LogP contribution < -0.4 is 0 Å². The monoisotopic (exact) mass is 436 g/mol. The van der Waals surface area contributed by atoms with E-state index in [0.29, 0.717) is 6.61 Å². The number of rotatable bonds is 13. The molecule has 0 amide bonds. The number of allylic oxidation sites excluding steroid dienone is 2. The Morgan fingerprint density at radius 3 is 2.30 bits per heavy atom. The first-order valence-corrected chi connectivity index (χ1v) is 15.3. The number of unbranched alkanes of at least 4 members (excludes halogenated alkanes) is 3. The van der Waals surface area contributed by atoms with Gasteiger partial charge in [-0.2, -0.15) is 0 Å². The molecule has 1 aliphatic carbocycles. The zero-order chi connectivity index (χ0) is 22.8. The minimum atomic E-state index is -1.89. The number of esters is 1. The normalized spacial score (nSPS) is 16.9. The average molecular weight is 437 g/mol. The molecular formula is C26H48O3Si. The summed E-state index contributed by atoms with van der Waals surface area (Å²) < 4.78 is 12.3. The Balaban J connectivity index is 3.28. The third-order valence-corrected chi connectivity index (χ3v) is 11.2. The maximum absolute atomic E-state index is 12.5. The predicted molar refractivity (Wildman–Crippen MR) is 131 cm³/mol. The van der Waals surface area contributed by atoms with Crippen LogP contribution in [0.15, 0.2) is 22.8 Å². The Kier molecular flexibility index (Phi) is 11.6. The summed E-state index contributed by atoms with van der Waals surface area (Å²) in [5, 5.41) is 0.189. The molecule has 0 spiro atoms. The molecule has 1 aliphatic rings. The molecule has 0 aliphatic heterocycles. The maximum atomic E-state index is 12.5. The SMILES string of the molecule is CCCCCC(O[Si](C)(C)C(C)(C)C)/C(=C/C1=C(C(=O)OCC)CCC1)CCCC. The second kappa shape index (κ2) is 12.9. The topological polar surface area (TPSA) is 35.5 Å². The van der Waals surface area contributed by atoms with E-state index in [-0.39, 0.29) is 17.1 Å². The first-order chi connectivity index (χ1) is 14.1. The molecule has 4 heteroatoms. The summed E-state index contributed by atoms with van der Waals surface area (Å²) in [4.78, 5) is 12.5. The van der Waals surface area contributed by atoms with Gasteiger partial charge < -0.3 is 9.16 Å². The first-order valence-electron chi connectivity index (χ1n) is 12.3. The highest BCUT2D eigenvalue weighted by atomic mass is 28.4. The molecule has 1 unspecified atom stereocenters. The van der Waals surface area contributed by atoms with Crippen molar-refractivity contribution in [1.29, 1.82) is 0 Å². The molecule has 0 saturated carbocycles. The van der Waals surface area contributed by atoms with Gasteiger partial charge in [0.15, 0.2) is 8.32 Å². The van der Waals surface area contributed by atoms with Gasteiger partial charge in [-0.25, -0.2) is 4.79 Å². The molecule has 1 rings (SSSR count). The van der Waals surface area contributed by atoms with E-state index in [0.717, 1.165) is 37.7 Å². The number of carbonyl (C=O) groups excluding carboxylic acids is 1. The van der Waals surface area contributed by atoms with Gasteiger partial charge in [0.05, 0.1) is 12.7 Å². The molecule has 0 aromatic rings. The number of hydrogen-bond acceptors (Lipinski definition) is 3. The summed E-state index contributed by atoms with van der Waals surface area (Å²) in [6.07, 6.45) is 13.5. The zero-order valence-electron chi connectivity index (χ0n) is 21.2. The fraction of sp³-hybridized carbons (Fsp3) is 0.808. The van der Waals surface area contributed by atoms with Gasteiger partial charge in [0.2, 0.25) is 0 Å². The van der Waals surface area contributed by atoms with Crippen LogP contribution in [-0.2, 0) is 14.0 Å². The van der Waals surface area contributed by atoms with Crippen LogP contribution in [0, 0.1) is 0 Å². The fourth-order valence-corrected chi connectivity index (χ4v) is 5.07. The van der Waals surface area contributed by atoms with Gasteiger partial charge in [0.25, 0.3) is 0 Å². The van der Waals surface area contributed by atoms with E-state index in [4.69, 9.17) is 9.16 Å². The smallest absolute Gasteiger partial charge is 0.334 e. The van der Waals surface area contributed by atoms with Gasteiger partial charge in [-0.05, 0) is 74.7 Å². The van der Waals surface area contributed by atoms with E-state index in [1.165, 1.54) is 43.3 Å². The fourth-order valence-electron chi connectivity index (χ4n) is 3.74. The summed E-state index contributed by atoms with van der Waals surface area (Å²) in [5.74, 6) is -0.121. The van der Waals surface area contributed by atoms with E-state index >= 15 is 0 Å². The molecule has 0 aromatic carbocycles. The molecular weight excluding hydrogens is 388 g/mol. The molecule has 30 heavy (non-hydrogen) atoms. The number of carbonyl (C=O) groups is 1. The van der Waals surface area contributed by atoms with Crippen LogP contribution in [0.25, 0.3) is 0 Å². The third-order valence-electron chi connectivity index (χ3n) is 6.69. The van der Waals surface area contributed by atoms with Crippen molar-refractivity contribution in [3.8, 4) is 0 Å². The Morgan fingerprint density at radius 2 is 1.73 bits per heavy atom. The van der Waals surface area contributed by atoms with Crippen molar-refractivity contribution in [3.63, 3.8) is 0 Å². The summed E-state index contributed by atoms with van der Waals surface area (Å²) in [5.41, 5.74) is 3.49.